The fourth-order valence-corrected chi connectivity index (χ4v) is 3.17. The molecule has 112 valence electrons. The van der Waals surface area contributed by atoms with E-state index in [1.807, 2.05) is 30.3 Å². The molecule has 0 aliphatic heterocycles. The number of halogens is 1. The summed E-state index contributed by atoms with van der Waals surface area (Å²) in [6.07, 6.45) is 4.74. The molecule has 1 aromatic carbocycles. The van der Waals surface area contributed by atoms with Crippen LogP contribution in [0.3, 0.4) is 0 Å². The first-order valence-electron chi connectivity index (χ1n) is 7.14. The predicted octanol–water partition coefficient (Wildman–Crippen LogP) is 3.92. The number of hydrogen-bond donors (Lipinski definition) is 0. The molecule has 1 saturated carbocycles. The van der Waals surface area contributed by atoms with E-state index in [2.05, 4.69) is 0 Å². The van der Waals surface area contributed by atoms with Crippen molar-refractivity contribution in [2.24, 2.45) is 11.8 Å². The number of hydrogen-bond acceptors (Lipinski definition) is 3. The number of Topliss-reactive ketones (excluding diaryl/α,β-unsaturated/α-hetero) is 1. The predicted molar refractivity (Wildman–Crippen MR) is 82.6 cm³/mol. The summed E-state index contributed by atoms with van der Waals surface area (Å²) in [5, 5.41) is 11.3. The van der Waals surface area contributed by atoms with Crippen molar-refractivity contribution in [3.8, 4) is 0 Å². The van der Waals surface area contributed by atoms with Crippen LogP contribution in [0.5, 0.6) is 0 Å². The second kappa shape index (κ2) is 7.36. The number of carbonyl (C=O) groups is 1. The van der Waals surface area contributed by atoms with Crippen molar-refractivity contribution in [1.82, 2.24) is 0 Å². The van der Waals surface area contributed by atoms with E-state index in [0.29, 0.717) is 17.9 Å². The molecule has 2 atom stereocenters. The van der Waals surface area contributed by atoms with Crippen LogP contribution in [0.2, 0.25) is 0 Å². The minimum Gasteiger partial charge on any atom is -0.299 e. The zero-order valence-electron chi connectivity index (χ0n) is 11.7. The topological polar surface area (TPSA) is 60.2 Å². The molecule has 0 unspecified atom stereocenters. The SMILES string of the molecule is O=C1CCCC[C@H]1[C@@H](C[N+](=O)[O-])/C(Cl)=C/c1ccccc1. The van der Waals surface area contributed by atoms with Gasteiger partial charge in [0.15, 0.2) is 0 Å². The van der Waals surface area contributed by atoms with Gasteiger partial charge in [0.2, 0.25) is 6.54 Å². The molecule has 0 aromatic heterocycles. The van der Waals surface area contributed by atoms with Gasteiger partial charge in [-0.2, -0.15) is 0 Å². The molecule has 0 bridgehead atoms. The largest absolute Gasteiger partial charge is 0.299 e. The molecule has 4 nitrogen and oxygen atoms in total. The van der Waals surface area contributed by atoms with Crippen LogP contribution in [0.4, 0.5) is 0 Å². The van der Waals surface area contributed by atoms with Gasteiger partial charge in [-0.1, -0.05) is 48.4 Å². The van der Waals surface area contributed by atoms with Gasteiger partial charge in [-0.15, -0.1) is 0 Å². The molecule has 21 heavy (non-hydrogen) atoms. The van der Waals surface area contributed by atoms with Crippen molar-refractivity contribution in [2.45, 2.75) is 25.7 Å². The summed E-state index contributed by atoms with van der Waals surface area (Å²) in [5.74, 6) is -0.737. The van der Waals surface area contributed by atoms with Crippen molar-refractivity contribution in [1.29, 1.82) is 0 Å². The van der Waals surface area contributed by atoms with E-state index in [0.717, 1.165) is 18.4 Å². The highest BCUT2D eigenvalue weighted by Gasteiger charge is 2.35. The van der Waals surface area contributed by atoms with Gasteiger partial charge in [-0.25, -0.2) is 0 Å². The van der Waals surface area contributed by atoms with Crippen molar-refractivity contribution in [2.75, 3.05) is 6.54 Å². The summed E-state index contributed by atoms with van der Waals surface area (Å²) in [5.41, 5.74) is 0.888. The number of nitrogens with zero attached hydrogens (tertiary/aromatic N) is 1. The van der Waals surface area contributed by atoms with Crippen molar-refractivity contribution in [3.05, 3.63) is 51.0 Å². The smallest absolute Gasteiger partial charge is 0.212 e. The first-order valence-corrected chi connectivity index (χ1v) is 7.52. The Morgan fingerprint density at radius 1 is 1.38 bits per heavy atom. The van der Waals surface area contributed by atoms with Crippen molar-refractivity contribution < 1.29 is 9.72 Å². The normalized spacial score (nSPS) is 21.1. The molecule has 1 aromatic rings. The summed E-state index contributed by atoms with van der Waals surface area (Å²) in [6.45, 7) is -0.293. The fraction of sp³-hybridized carbons (Fsp3) is 0.438. The lowest BCUT2D eigenvalue weighted by Gasteiger charge is -2.26. The van der Waals surface area contributed by atoms with Gasteiger partial charge in [-0.3, -0.25) is 14.9 Å². The molecule has 1 aliphatic carbocycles. The average molecular weight is 308 g/mol. The quantitative estimate of drug-likeness (QED) is 0.612. The fourth-order valence-electron chi connectivity index (χ4n) is 2.82. The second-order valence-corrected chi connectivity index (χ2v) is 5.82. The molecule has 0 N–H and O–H groups in total. The van der Waals surface area contributed by atoms with E-state index in [4.69, 9.17) is 11.6 Å². The highest BCUT2D eigenvalue weighted by Crippen LogP contribution is 2.34. The van der Waals surface area contributed by atoms with Gasteiger partial charge < -0.3 is 0 Å². The van der Waals surface area contributed by atoms with Crippen LogP contribution in [0, 0.1) is 22.0 Å². The minimum atomic E-state index is -0.519. The van der Waals surface area contributed by atoms with Crippen LogP contribution in [0.25, 0.3) is 6.08 Å². The summed E-state index contributed by atoms with van der Waals surface area (Å²) < 4.78 is 0. The average Bonchev–Trinajstić information content (AvgIpc) is 2.46. The van der Waals surface area contributed by atoms with Gasteiger partial charge >= 0.3 is 0 Å². The third-order valence-corrected chi connectivity index (χ3v) is 4.28. The van der Waals surface area contributed by atoms with E-state index in [1.165, 1.54) is 0 Å². The zero-order valence-corrected chi connectivity index (χ0v) is 12.5. The van der Waals surface area contributed by atoms with E-state index in [1.54, 1.807) is 6.08 Å². The molecule has 1 fully saturated rings. The highest BCUT2D eigenvalue weighted by molar-refractivity contribution is 6.32. The van der Waals surface area contributed by atoms with Gasteiger partial charge in [0.25, 0.3) is 0 Å². The maximum Gasteiger partial charge on any atom is 0.212 e. The van der Waals surface area contributed by atoms with Crippen LogP contribution in [0.1, 0.15) is 31.2 Å². The Morgan fingerprint density at radius 3 is 2.71 bits per heavy atom. The Balaban J connectivity index is 2.24. The lowest BCUT2D eigenvalue weighted by atomic mass is 9.78. The standard InChI is InChI=1S/C16H18ClNO3/c17-15(10-12-6-2-1-3-7-12)14(11-18(20)21)13-8-4-5-9-16(13)19/h1-3,6-7,10,13-14H,4-5,8-9,11H2/b15-10-/t13-,14+/m0/s1. The Labute approximate surface area is 129 Å². The van der Waals surface area contributed by atoms with Gasteiger partial charge in [0.1, 0.15) is 5.78 Å². The number of ketones is 1. The third kappa shape index (κ3) is 4.39. The highest BCUT2D eigenvalue weighted by atomic mass is 35.5. The first-order chi connectivity index (χ1) is 10.1. The maximum absolute atomic E-state index is 12.1. The first kappa shape index (κ1) is 15.7. The van der Waals surface area contributed by atoms with E-state index >= 15 is 0 Å². The molecule has 0 saturated heterocycles. The number of nitro groups is 1. The van der Waals surface area contributed by atoms with Crippen LogP contribution < -0.4 is 0 Å². The molecule has 2 rings (SSSR count). The Kier molecular flexibility index (Phi) is 5.51. The Bertz CT molecular complexity index is 542. The monoisotopic (exact) mass is 307 g/mol. The number of benzene rings is 1. The summed E-state index contributed by atoms with van der Waals surface area (Å²) in [4.78, 5) is 22.6. The van der Waals surface area contributed by atoms with Gasteiger partial charge in [0, 0.05) is 22.3 Å². The molecular weight excluding hydrogens is 290 g/mol. The van der Waals surface area contributed by atoms with Crippen molar-refractivity contribution >= 4 is 23.5 Å². The van der Waals surface area contributed by atoms with Crippen LogP contribution >= 0.6 is 11.6 Å². The van der Waals surface area contributed by atoms with Crippen molar-refractivity contribution in [3.63, 3.8) is 0 Å². The second-order valence-electron chi connectivity index (χ2n) is 5.38. The Morgan fingerprint density at radius 2 is 2.10 bits per heavy atom. The lowest BCUT2D eigenvalue weighted by molar-refractivity contribution is -0.487. The third-order valence-electron chi connectivity index (χ3n) is 3.89. The summed E-state index contributed by atoms with van der Waals surface area (Å²) >= 11 is 6.33. The molecule has 5 heteroatoms. The van der Waals surface area contributed by atoms with Crippen LogP contribution in [-0.2, 0) is 4.79 Å². The summed E-state index contributed by atoms with van der Waals surface area (Å²) in [6, 6.07) is 9.42. The Hall–Kier alpha value is -1.68. The van der Waals surface area contributed by atoms with Gasteiger partial charge in [0.05, 0.1) is 5.92 Å². The molecule has 0 radical (unpaired) electrons. The van der Waals surface area contributed by atoms with E-state index in [-0.39, 0.29) is 23.2 Å². The zero-order chi connectivity index (χ0) is 15.2. The van der Waals surface area contributed by atoms with E-state index < -0.39 is 5.92 Å². The minimum absolute atomic E-state index is 0.104. The molecular formula is C16H18ClNO3. The van der Waals surface area contributed by atoms with Crippen LogP contribution in [-0.4, -0.2) is 17.3 Å². The lowest BCUT2D eigenvalue weighted by Crippen LogP contribution is -2.31. The molecule has 0 amide bonds. The number of rotatable bonds is 5. The number of carbonyl (C=O) groups excluding carboxylic acids is 1. The molecule has 1 aliphatic rings. The maximum atomic E-state index is 12.1. The van der Waals surface area contributed by atoms with Gasteiger partial charge in [-0.05, 0) is 24.5 Å². The molecule has 0 heterocycles. The summed E-state index contributed by atoms with van der Waals surface area (Å²) in [7, 11) is 0. The van der Waals surface area contributed by atoms with E-state index in [9.17, 15) is 14.9 Å². The van der Waals surface area contributed by atoms with Crippen LogP contribution in [0.15, 0.2) is 35.4 Å². The molecule has 0 spiro atoms.